The van der Waals surface area contributed by atoms with Crippen molar-refractivity contribution in [1.82, 2.24) is 19.5 Å². The first kappa shape index (κ1) is 20.8. The summed E-state index contributed by atoms with van der Waals surface area (Å²) >= 11 is 1.72. The summed E-state index contributed by atoms with van der Waals surface area (Å²) < 4.78 is 81.8. The zero-order chi connectivity index (χ0) is 40.9. The van der Waals surface area contributed by atoms with Gasteiger partial charge >= 0.3 is 0 Å². The van der Waals surface area contributed by atoms with E-state index in [0.717, 1.165) is 26.6 Å². The maximum absolute atomic E-state index is 9.09. The highest BCUT2D eigenvalue weighted by Gasteiger charge is 2.18. The molecule has 0 unspecified atom stereocenters. The van der Waals surface area contributed by atoms with Crippen molar-refractivity contribution < 1.29 is 12.3 Å². The molecule has 0 N–H and O–H groups in total. The molecule has 0 spiro atoms. The molecule has 3 heterocycles. The number of benzene rings is 7. The summed E-state index contributed by atoms with van der Waals surface area (Å²) in [6, 6.07) is 32.7. The average Bonchev–Trinajstić information content (AvgIpc) is 3.83. The summed E-state index contributed by atoms with van der Waals surface area (Å²) in [5.41, 5.74) is 3.79. The molecule has 0 aliphatic rings. The van der Waals surface area contributed by atoms with E-state index < -0.39 is 42.3 Å². The molecule has 0 radical (unpaired) electrons. The van der Waals surface area contributed by atoms with Crippen molar-refractivity contribution in [3.05, 3.63) is 170 Å². The Morgan fingerprint density at radius 1 is 0.440 bits per heavy atom. The van der Waals surface area contributed by atoms with Gasteiger partial charge < -0.3 is 4.57 Å². The number of rotatable bonds is 5. The predicted octanol–water partition coefficient (Wildman–Crippen LogP) is 12.0. The molecular weight excluding hydrogens is 629 g/mol. The Bertz CT molecular complexity index is 3350. The fourth-order valence-corrected chi connectivity index (χ4v) is 7.82. The predicted molar refractivity (Wildman–Crippen MR) is 209 cm³/mol. The number of nitrogens with zero attached hydrogens (tertiary/aromatic N) is 4. The van der Waals surface area contributed by atoms with Gasteiger partial charge in [-0.15, -0.1) is 11.3 Å². The molecule has 3 aromatic heterocycles. The molecule has 234 valence electrons. The average molecular weight is 666 g/mol. The van der Waals surface area contributed by atoms with Crippen LogP contribution in [0, 0.1) is 0 Å². The van der Waals surface area contributed by atoms with Crippen LogP contribution in [0.1, 0.15) is 12.3 Å². The lowest BCUT2D eigenvalue weighted by Gasteiger charge is -2.11. The topological polar surface area (TPSA) is 43.6 Å². The van der Waals surface area contributed by atoms with Crippen LogP contribution < -0.4 is 0 Å². The molecule has 0 atom stereocenters. The molecule has 4 nitrogen and oxygen atoms in total. The second-order valence-electron chi connectivity index (χ2n) is 11.8. The van der Waals surface area contributed by atoms with E-state index in [9.17, 15) is 0 Å². The molecule has 10 rings (SSSR count). The van der Waals surface area contributed by atoms with E-state index in [0.29, 0.717) is 39.6 Å². The molecule has 0 fully saturated rings. The Labute approximate surface area is 305 Å². The lowest BCUT2D eigenvalue weighted by Crippen LogP contribution is -2.01. The fraction of sp³-hybridized carbons (Fsp3) is 0. The summed E-state index contributed by atoms with van der Waals surface area (Å²) in [5.74, 6) is 1.46. The van der Waals surface area contributed by atoms with Crippen molar-refractivity contribution >= 4 is 53.3 Å². The van der Waals surface area contributed by atoms with E-state index in [-0.39, 0.29) is 34.1 Å². The van der Waals surface area contributed by atoms with E-state index in [2.05, 4.69) is 18.2 Å². The third-order valence-electron chi connectivity index (χ3n) is 8.89. The zero-order valence-corrected chi connectivity index (χ0v) is 27.0. The molecule has 0 amide bonds. The summed E-state index contributed by atoms with van der Waals surface area (Å²) in [7, 11) is 0. The number of fused-ring (bicyclic) bond motifs is 6. The van der Waals surface area contributed by atoms with Crippen LogP contribution in [0.25, 0.3) is 93.0 Å². The number of aromatic nitrogens is 4. The van der Waals surface area contributed by atoms with Crippen molar-refractivity contribution in [3.8, 4) is 51.0 Å². The maximum atomic E-state index is 9.09. The van der Waals surface area contributed by atoms with Crippen LogP contribution in [-0.4, -0.2) is 19.5 Å². The van der Waals surface area contributed by atoms with Gasteiger partial charge in [0.15, 0.2) is 17.5 Å². The van der Waals surface area contributed by atoms with Gasteiger partial charge in [-0.05, 0) is 59.6 Å². The largest absolute Gasteiger partial charge is 0.309 e. The van der Waals surface area contributed by atoms with Crippen LogP contribution in [0.4, 0.5) is 0 Å². The van der Waals surface area contributed by atoms with Gasteiger partial charge in [-0.2, -0.15) is 0 Å². The third-order valence-corrected chi connectivity index (χ3v) is 10.0. The standard InChI is InChI=1S/C45H28N4S/c1-3-13-29(14-4-1)33-19-11-22-38-41(33)34-17-7-9-21-37(34)49(38)32-27-25-31(26-28-32)44-46-43(30-15-5-2-6-16-30)47-45(48-44)36-20-12-24-40-42(36)35-18-8-10-23-39(35)50-40/h1-28H/i1D,3D,4D,7D,9D,13D,14D,17D,21D. The summed E-state index contributed by atoms with van der Waals surface area (Å²) in [6.07, 6.45) is 0. The van der Waals surface area contributed by atoms with Crippen LogP contribution in [-0.2, 0) is 0 Å². The molecule has 5 heteroatoms. The number of hydrogen-bond donors (Lipinski definition) is 0. The first-order valence-electron chi connectivity index (χ1n) is 20.5. The minimum Gasteiger partial charge on any atom is -0.309 e. The first-order valence-corrected chi connectivity index (χ1v) is 16.8. The minimum absolute atomic E-state index is 0.0607. The monoisotopic (exact) mass is 665 g/mol. The highest BCUT2D eigenvalue weighted by molar-refractivity contribution is 7.25. The number of para-hydroxylation sites is 1. The lowest BCUT2D eigenvalue weighted by atomic mass is 9.99. The molecule has 0 aliphatic carbocycles. The molecule has 7 aromatic carbocycles. The van der Waals surface area contributed by atoms with Crippen molar-refractivity contribution in [2.45, 2.75) is 0 Å². The molecule has 50 heavy (non-hydrogen) atoms. The van der Waals surface area contributed by atoms with Gasteiger partial charge in [0, 0.05) is 53.3 Å². The summed E-state index contributed by atoms with van der Waals surface area (Å²) in [6.45, 7) is 0. The molecule has 0 aliphatic heterocycles. The molecule has 0 saturated heterocycles. The number of hydrogen-bond acceptors (Lipinski definition) is 4. The van der Waals surface area contributed by atoms with Gasteiger partial charge in [0.05, 0.1) is 23.4 Å². The second kappa shape index (κ2) is 11.6. The van der Waals surface area contributed by atoms with Crippen LogP contribution in [0.15, 0.2) is 170 Å². The molecular formula is C45H28N4S. The van der Waals surface area contributed by atoms with Crippen LogP contribution in [0.5, 0.6) is 0 Å². The van der Waals surface area contributed by atoms with Gasteiger partial charge in [-0.3, -0.25) is 0 Å². The Kier molecular flexibility index (Phi) is 4.84. The minimum atomic E-state index is -0.529. The SMILES string of the molecule is [2H]c1c([2H])c([2H])c(-c2cccc3c2c2c([2H])c([2H])c([2H])c([2H])c2n3-c2ccc(-c3nc(-c4ccccc4)nc(-c4cccc5sc6ccccc6c45)n3)cc2)c([2H])c1[2H]. The van der Waals surface area contributed by atoms with Gasteiger partial charge in [0.1, 0.15) is 0 Å². The Hall–Kier alpha value is -6.43. The Morgan fingerprint density at radius 3 is 1.94 bits per heavy atom. The Balaban J connectivity index is 1.19. The summed E-state index contributed by atoms with van der Waals surface area (Å²) in [4.78, 5) is 15.0. The zero-order valence-electron chi connectivity index (χ0n) is 35.2. The van der Waals surface area contributed by atoms with Gasteiger partial charge in [0.2, 0.25) is 0 Å². The van der Waals surface area contributed by atoms with Crippen molar-refractivity contribution in [3.63, 3.8) is 0 Å². The van der Waals surface area contributed by atoms with Crippen molar-refractivity contribution in [2.75, 3.05) is 0 Å². The maximum Gasteiger partial charge on any atom is 0.164 e. The number of thiophene rings is 1. The highest BCUT2D eigenvalue weighted by Crippen LogP contribution is 2.41. The Morgan fingerprint density at radius 2 is 1.10 bits per heavy atom. The quantitative estimate of drug-likeness (QED) is 0.184. The van der Waals surface area contributed by atoms with Gasteiger partial charge in [-0.25, -0.2) is 15.0 Å². The van der Waals surface area contributed by atoms with Gasteiger partial charge in [-0.1, -0.05) is 121 Å². The van der Waals surface area contributed by atoms with Crippen LogP contribution in [0.3, 0.4) is 0 Å². The van der Waals surface area contributed by atoms with Crippen molar-refractivity contribution in [1.29, 1.82) is 0 Å². The normalized spacial score (nSPS) is 14.1. The van der Waals surface area contributed by atoms with E-state index >= 15 is 0 Å². The smallest absolute Gasteiger partial charge is 0.164 e. The van der Waals surface area contributed by atoms with Crippen LogP contribution >= 0.6 is 11.3 Å². The second-order valence-corrected chi connectivity index (χ2v) is 12.8. The third kappa shape index (κ3) is 4.63. The van der Waals surface area contributed by atoms with E-state index in [1.54, 1.807) is 34.1 Å². The highest BCUT2D eigenvalue weighted by atomic mass is 32.1. The molecule has 0 bridgehead atoms. The lowest BCUT2D eigenvalue weighted by molar-refractivity contribution is 1.07. The summed E-state index contributed by atoms with van der Waals surface area (Å²) in [5, 5.41) is 2.69. The van der Waals surface area contributed by atoms with E-state index in [4.69, 9.17) is 27.3 Å². The van der Waals surface area contributed by atoms with Gasteiger partial charge in [0.25, 0.3) is 0 Å². The first-order chi connectivity index (χ1) is 28.5. The molecule has 10 aromatic rings. The van der Waals surface area contributed by atoms with E-state index in [1.807, 2.05) is 78.9 Å². The van der Waals surface area contributed by atoms with Crippen LogP contribution in [0.2, 0.25) is 0 Å². The van der Waals surface area contributed by atoms with E-state index in [1.165, 1.54) is 4.70 Å². The fourth-order valence-electron chi connectivity index (χ4n) is 6.69. The molecule has 0 saturated carbocycles. The van der Waals surface area contributed by atoms with Crippen molar-refractivity contribution in [2.24, 2.45) is 0 Å².